The molecule has 142 valence electrons. The Bertz CT molecular complexity index is 587. The fraction of sp³-hybridized carbons (Fsp3) is 0.700. The molecule has 1 amide bonds. The molecule has 2 aliphatic carbocycles. The Balaban J connectivity index is 1.26. The summed E-state index contributed by atoms with van der Waals surface area (Å²) in [6.07, 6.45) is 7.72. The molecule has 6 heteroatoms. The molecule has 2 saturated carbocycles. The van der Waals surface area contributed by atoms with Crippen molar-refractivity contribution in [3.8, 4) is 0 Å². The zero-order valence-corrected chi connectivity index (χ0v) is 15.5. The summed E-state index contributed by atoms with van der Waals surface area (Å²) in [6, 6.07) is 6.70. The zero-order valence-electron chi connectivity index (χ0n) is 15.5. The number of amides is 1. The number of nitrogens with two attached hydrogens (primary N) is 1. The van der Waals surface area contributed by atoms with Gasteiger partial charge < -0.3 is 16.0 Å². The molecule has 1 aromatic heterocycles. The van der Waals surface area contributed by atoms with Crippen molar-refractivity contribution in [3.05, 3.63) is 24.4 Å². The standard InChI is InChI=1S/C20H31N5O/c21-17-12-15-4-3-5-16(13-17)20(15)23-19(26)14-24-8-10-25(11-9-24)18-6-1-2-7-22-18/h1-2,6-7,15-17,20H,3-5,8-14,21H2,(H,23,26). The van der Waals surface area contributed by atoms with E-state index >= 15 is 0 Å². The molecular weight excluding hydrogens is 326 g/mol. The molecule has 0 radical (unpaired) electrons. The minimum atomic E-state index is 0.189. The minimum absolute atomic E-state index is 0.189. The first kappa shape index (κ1) is 17.7. The van der Waals surface area contributed by atoms with Crippen LogP contribution in [0.2, 0.25) is 0 Å². The fourth-order valence-corrected chi connectivity index (χ4v) is 5.14. The number of nitrogens with zero attached hydrogens (tertiary/aromatic N) is 3. The summed E-state index contributed by atoms with van der Waals surface area (Å²) in [4.78, 5) is 21.6. The van der Waals surface area contributed by atoms with E-state index in [1.165, 1.54) is 19.3 Å². The van der Waals surface area contributed by atoms with E-state index in [1.807, 2.05) is 18.3 Å². The average Bonchev–Trinajstić information content (AvgIpc) is 2.64. The van der Waals surface area contributed by atoms with Crippen LogP contribution in [-0.4, -0.2) is 60.6 Å². The van der Waals surface area contributed by atoms with Crippen molar-refractivity contribution in [1.29, 1.82) is 0 Å². The number of aromatic nitrogens is 1. The van der Waals surface area contributed by atoms with Crippen molar-refractivity contribution in [2.45, 2.75) is 44.2 Å². The number of fused-ring (bicyclic) bond motifs is 2. The van der Waals surface area contributed by atoms with Crippen LogP contribution in [0.15, 0.2) is 24.4 Å². The third-order valence-corrected chi connectivity index (χ3v) is 6.42. The normalized spacial score (nSPS) is 32.3. The lowest BCUT2D eigenvalue weighted by atomic mass is 9.67. The molecule has 2 heterocycles. The highest BCUT2D eigenvalue weighted by atomic mass is 16.2. The van der Waals surface area contributed by atoms with Crippen molar-refractivity contribution >= 4 is 11.7 Å². The van der Waals surface area contributed by atoms with Gasteiger partial charge in [-0.3, -0.25) is 9.69 Å². The lowest BCUT2D eigenvalue weighted by Gasteiger charge is -2.45. The van der Waals surface area contributed by atoms with E-state index in [0.717, 1.165) is 44.8 Å². The molecule has 6 nitrogen and oxygen atoms in total. The van der Waals surface area contributed by atoms with Crippen LogP contribution in [0.3, 0.4) is 0 Å². The largest absolute Gasteiger partial charge is 0.354 e. The highest BCUT2D eigenvalue weighted by Gasteiger charge is 2.40. The Morgan fingerprint density at radius 1 is 1.15 bits per heavy atom. The molecule has 3 aliphatic rings. The summed E-state index contributed by atoms with van der Waals surface area (Å²) in [5.74, 6) is 2.39. The van der Waals surface area contributed by atoms with Crippen LogP contribution in [-0.2, 0) is 4.79 Å². The van der Waals surface area contributed by atoms with Crippen molar-refractivity contribution in [3.63, 3.8) is 0 Å². The molecule has 26 heavy (non-hydrogen) atoms. The number of hydrogen-bond acceptors (Lipinski definition) is 5. The average molecular weight is 358 g/mol. The van der Waals surface area contributed by atoms with Crippen molar-refractivity contribution < 1.29 is 4.79 Å². The second kappa shape index (κ2) is 7.92. The van der Waals surface area contributed by atoms with Gasteiger partial charge in [0.25, 0.3) is 0 Å². The number of piperazine rings is 1. The van der Waals surface area contributed by atoms with Crippen molar-refractivity contribution in [2.75, 3.05) is 37.6 Å². The highest BCUT2D eigenvalue weighted by Crippen LogP contribution is 2.39. The molecule has 3 N–H and O–H groups in total. The number of pyridine rings is 1. The first-order valence-corrected chi connectivity index (χ1v) is 10.1. The lowest BCUT2D eigenvalue weighted by Crippen LogP contribution is -2.56. The first-order valence-electron chi connectivity index (χ1n) is 10.1. The van der Waals surface area contributed by atoms with Gasteiger partial charge in [0.05, 0.1) is 6.54 Å². The van der Waals surface area contributed by atoms with E-state index in [2.05, 4.69) is 26.2 Å². The molecule has 2 bridgehead atoms. The van der Waals surface area contributed by atoms with Crippen LogP contribution in [0.25, 0.3) is 0 Å². The van der Waals surface area contributed by atoms with Crippen LogP contribution in [0.4, 0.5) is 5.82 Å². The van der Waals surface area contributed by atoms with Gasteiger partial charge in [-0.1, -0.05) is 12.5 Å². The van der Waals surface area contributed by atoms with Gasteiger partial charge in [-0.25, -0.2) is 4.98 Å². The van der Waals surface area contributed by atoms with Gasteiger partial charge in [-0.2, -0.15) is 0 Å². The molecular formula is C20H31N5O. The van der Waals surface area contributed by atoms with Crippen LogP contribution >= 0.6 is 0 Å². The number of rotatable bonds is 4. The van der Waals surface area contributed by atoms with E-state index in [4.69, 9.17) is 5.73 Å². The maximum atomic E-state index is 12.6. The Morgan fingerprint density at radius 2 is 1.88 bits per heavy atom. The summed E-state index contributed by atoms with van der Waals surface area (Å²) in [5.41, 5.74) is 6.20. The summed E-state index contributed by atoms with van der Waals surface area (Å²) >= 11 is 0. The summed E-state index contributed by atoms with van der Waals surface area (Å²) in [5, 5.41) is 3.37. The highest BCUT2D eigenvalue weighted by molar-refractivity contribution is 5.78. The Kier molecular flexibility index (Phi) is 5.41. The number of carbonyl (C=O) groups is 1. The third kappa shape index (κ3) is 4.01. The molecule has 3 fully saturated rings. The SMILES string of the molecule is NC1CC2CCCC(C1)C2NC(=O)CN1CCN(c2ccccn2)CC1. The van der Waals surface area contributed by atoms with Gasteiger partial charge in [0.1, 0.15) is 5.82 Å². The summed E-state index contributed by atoms with van der Waals surface area (Å²) in [6.45, 7) is 4.18. The molecule has 1 aromatic rings. The lowest BCUT2D eigenvalue weighted by molar-refractivity contribution is -0.124. The maximum Gasteiger partial charge on any atom is 0.234 e. The van der Waals surface area contributed by atoms with Gasteiger partial charge in [0.15, 0.2) is 0 Å². The van der Waals surface area contributed by atoms with Gasteiger partial charge in [-0.05, 0) is 49.7 Å². The molecule has 1 saturated heterocycles. The van der Waals surface area contributed by atoms with Crippen LogP contribution < -0.4 is 16.0 Å². The number of nitrogens with one attached hydrogen (secondary N) is 1. The minimum Gasteiger partial charge on any atom is -0.354 e. The molecule has 2 unspecified atom stereocenters. The Morgan fingerprint density at radius 3 is 2.54 bits per heavy atom. The van der Waals surface area contributed by atoms with Crippen LogP contribution in [0, 0.1) is 11.8 Å². The van der Waals surface area contributed by atoms with E-state index in [9.17, 15) is 4.79 Å². The first-order chi connectivity index (χ1) is 12.7. The number of carbonyl (C=O) groups excluding carboxylic acids is 1. The van der Waals surface area contributed by atoms with Gasteiger partial charge in [0.2, 0.25) is 5.91 Å². The van der Waals surface area contributed by atoms with E-state index < -0.39 is 0 Å². The third-order valence-electron chi connectivity index (χ3n) is 6.42. The maximum absolute atomic E-state index is 12.6. The predicted molar refractivity (Wildman–Crippen MR) is 103 cm³/mol. The topological polar surface area (TPSA) is 74.5 Å². The Hall–Kier alpha value is -1.66. The smallest absolute Gasteiger partial charge is 0.234 e. The second-order valence-corrected chi connectivity index (χ2v) is 8.23. The summed E-state index contributed by atoms with van der Waals surface area (Å²) < 4.78 is 0. The van der Waals surface area contributed by atoms with E-state index in [0.29, 0.717) is 30.5 Å². The predicted octanol–water partition coefficient (Wildman–Crippen LogP) is 1.23. The molecule has 0 aromatic carbocycles. The number of hydrogen-bond donors (Lipinski definition) is 2. The molecule has 2 atom stereocenters. The van der Waals surface area contributed by atoms with Crippen molar-refractivity contribution in [2.24, 2.45) is 17.6 Å². The van der Waals surface area contributed by atoms with Gasteiger partial charge in [-0.15, -0.1) is 0 Å². The second-order valence-electron chi connectivity index (χ2n) is 8.23. The van der Waals surface area contributed by atoms with E-state index in [-0.39, 0.29) is 5.91 Å². The van der Waals surface area contributed by atoms with Crippen molar-refractivity contribution in [1.82, 2.24) is 15.2 Å². The van der Waals surface area contributed by atoms with Crippen LogP contribution in [0.5, 0.6) is 0 Å². The monoisotopic (exact) mass is 357 g/mol. The molecule has 4 rings (SSSR count). The van der Waals surface area contributed by atoms with Gasteiger partial charge in [0, 0.05) is 44.5 Å². The fourth-order valence-electron chi connectivity index (χ4n) is 5.14. The zero-order chi connectivity index (χ0) is 17.9. The van der Waals surface area contributed by atoms with Crippen LogP contribution in [0.1, 0.15) is 32.1 Å². The number of anilines is 1. The summed E-state index contributed by atoms with van der Waals surface area (Å²) in [7, 11) is 0. The Labute approximate surface area is 156 Å². The quantitative estimate of drug-likeness (QED) is 0.848. The van der Waals surface area contributed by atoms with E-state index in [1.54, 1.807) is 0 Å². The molecule has 0 spiro atoms. The van der Waals surface area contributed by atoms with Gasteiger partial charge >= 0.3 is 0 Å². The molecule has 1 aliphatic heterocycles.